The molecule has 0 amide bonds. The average Bonchev–Trinajstić information content (AvgIpc) is 2.91. The van der Waals surface area contributed by atoms with E-state index in [4.69, 9.17) is 5.10 Å². The molecule has 3 heterocycles. The molecular formula is C14H21N5. The summed E-state index contributed by atoms with van der Waals surface area (Å²) in [6.45, 7) is 7.37. The normalized spacial score (nSPS) is 18.2. The largest absolute Gasteiger partial charge is 0.370 e. The highest BCUT2D eigenvalue weighted by atomic mass is 15.4. The SMILES string of the molecule is CCc1cc2n(n1)C(c1c(C)nn(C)c1C)CCN2. The maximum Gasteiger partial charge on any atom is 0.125 e. The first-order valence-electron chi connectivity index (χ1n) is 6.94. The van der Waals surface area contributed by atoms with Crippen LogP contribution in [0, 0.1) is 13.8 Å². The van der Waals surface area contributed by atoms with Crippen LogP contribution in [0.1, 0.15) is 42.0 Å². The van der Waals surface area contributed by atoms with Crippen LogP contribution in [-0.2, 0) is 13.5 Å². The Morgan fingerprint density at radius 2 is 2.16 bits per heavy atom. The smallest absolute Gasteiger partial charge is 0.125 e. The lowest BCUT2D eigenvalue weighted by Gasteiger charge is -2.26. The second kappa shape index (κ2) is 4.40. The summed E-state index contributed by atoms with van der Waals surface area (Å²) in [5.41, 5.74) is 4.83. The summed E-state index contributed by atoms with van der Waals surface area (Å²) in [7, 11) is 2.01. The molecule has 0 spiro atoms. The van der Waals surface area contributed by atoms with E-state index in [-0.39, 0.29) is 0 Å². The molecule has 2 aromatic rings. The molecule has 1 atom stereocenters. The summed E-state index contributed by atoms with van der Waals surface area (Å²) in [5.74, 6) is 1.13. The zero-order valence-electron chi connectivity index (χ0n) is 12.1. The number of anilines is 1. The molecule has 0 bridgehead atoms. The van der Waals surface area contributed by atoms with Gasteiger partial charge in [-0.15, -0.1) is 0 Å². The quantitative estimate of drug-likeness (QED) is 0.899. The van der Waals surface area contributed by atoms with Crippen LogP contribution in [0.5, 0.6) is 0 Å². The predicted octanol–water partition coefficient (Wildman–Crippen LogP) is 2.20. The number of aromatic nitrogens is 4. The Hall–Kier alpha value is -1.78. The second-order valence-electron chi connectivity index (χ2n) is 5.26. The van der Waals surface area contributed by atoms with Gasteiger partial charge in [0.25, 0.3) is 0 Å². The van der Waals surface area contributed by atoms with Crippen molar-refractivity contribution in [3.8, 4) is 0 Å². The monoisotopic (exact) mass is 259 g/mol. The summed E-state index contributed by atoms with van der Waals surface area (Å²) in [6, 6.07) is 2.47. The van der Waals surface area contributed by atoms with Gasteiger partial charge in [0.1, 0.15) is 5.82 Å². The third-order valence-electron chi connectivity index (χ3n) is 4.07. The van der Waals surface area contributed by atoms with Crippen molar-refractivity contribution in [2.24, 2.45) is 7.05 Å². The van der Waals surface area contributed by atoms with Crippen LogP contribution in [0.2, 0.25) is 0 Å². The van der Waals surface area contributed by atoms with Crippen molar-refractivity contribution in [2.75, 3.05) is 11.9 Å². The van der Waals surface area contributed by atoms with Crippen molar-refractivity contribution in [2.45, 2.75) is 39.7 Å². The number of hydrogen-bond donors (Lipinski definition) is 1. The topological polar surface area (TPSA) is 47.7 Å². The van der Waals surface area contributed by atoms with Gasteiger partial charge >= 0.3 is 0 Å². The van der Waals surface area contributed by atoms with Gasteiger partial charge in [-0.25, -0.2) is 4.68 Å². The van der Waals surface area contributed by atoms with Crippen molar-refractivity contribution in [3.63, 3.8) is 0 Å². The minimum atomic E-state index is 0.310. The van der Waals surface area contributed by atoms with E-state index in [2.05, 4.69) is 41.9 Å². The highest BCUT2D eigenvalue weighted by Gasteiger charge is 2.27. The van der Waals surface area contributed by atoms with Gasteiger partial charge in [-0.1, -0.05) is 6.92 Å². The van der Waals surface area contributed by atoms with Crippen molar-refractivity contribution in [1.82, 2.24) is 19.6 Å². The van der Waals surface area contributed by atoms with E-state index < -0.39 is 0 Å². The van der Waals surface area contributed by atoms with E-state index in [1.165, 1.54) is 11.3 Å². The molecule has 1 unspecified atom stereocenters. The number of hydrogen-bond acceptors (Lipinski definition) is 3. The molecule has 1 N–H and O–H groups in total. The molecule has 2 aromatic heterocycles. The Morgan fingerprint density at radius 1 is 1.37 bits per heavy atom. The molecule has 0 aliphatic carbocycles. The number of rotatable bonds is 2. The van der Waals surface area contributed by atoms with Crippen LogP contribution in [0.25, 0.3) is 0 Å². The Labute approximate surface area is 113 Å². The van der Waals surface area contributed by atoms with E-state index >= 15 is 0 Å². The van der Waals surface area contributed by atoms with Crippen molar-refractivity contribution in [3.05, 3.63) is 28.7 Å². The molecular weight excluding hydrogens is 238 g/mol. The second-order valence-corrected chi connectivity index (χ2v) is 5.26. The third-order valence-corrected chi connectivity index (χ3v) is 4.07. The minimum absolute atomic E-state index is 0.310. The predicted molar refractivity (Wildman–Crippen MR) is 75.5 cm³/mol. The van der Waals surface area contributed by atoms with Crippen LogP contribution >= 0.6 is 0 Å². The first kappa shape index (κ1) is 12.3. The molecule has 0 fully saturated rings. The Balaban J connectivity index is 2.10. The van der Waals surface area contributed by atoms with Crippen LogP contribution in [0.3, 0.4) is 0 Å². The third kappa shape index (κ3) is 1.84. The van der Waals surface area contributed by atoms with Gasteiger partial charge in [0, 0.05) is 30.9 Å². The molecule has 1 aliphatic rings. The maximum atomic E-state index is 4.74. The van der Waals surface area contributed by atoms with Crippen LogP contribution < -0.4 is 5.32 Å². The van der Waals surface area contributed by atoms with E-state index in [1.807, 2.05) is 11.7 Å². The highest BCUT2D eigenvalue weighted by molar-refractivity contribution is 5.42. The van der Waals surface area contributed by atoms with Gasteiger partial charge in [0.15, 0.2) is 0 Å². The zero-order chi connectivity index (χ0) is 13.6. The van der Waals surface area contributed by atoms with E-state index in [1.54, 1.807) is 0 Å². The molecule has 3 rings (SSSR count). The molecule has 1 aliphatic heterocycles. The van der Waals surface area contributed by atoms with Gasteiger partial charge in [0.05, 0.1) is 17.4 Å². The van der Waals surface area contributed by atoms with Gasteiger partial charge in [-0.2, -0.15) is 10.2 Å². The standard InChI is InChI=1S/C14H21N5/c1-5-11-8-13-15-7-6-12(19(13)17-11)14-9(2)16-18(4)10(14)3/h8,12,15H,5-7H2,1-4H3. The van der Waals surface area contributed by atoms with E-state index in [0.29, 0.717) is 6.04 Å². The Morgan fingerprint density at radius 3 is 2.79 bits per heavy atom. The van der Waals surface area contributed by atoms with Crippen LogP contribution in [0.4, 0.5) is 5.82 Å². The van der Waals surface area contributed by atoms with Crippen LogP contribution in [0.15, 0.2) is 6.07 Å². The number of nitrogens with zero attached hydrogens (tertiary/aromatic N) is 4. The van der Waals surface area contributed by atoms with Gasteiger partial charge in [-0.3, -0.25) is 4.68 Å². The minimum Gasteiger partial charge on any atom is -0.370 e. The van der Waals surface area contributed by atoms with Gasteiger partial charge in [0.2, 0.25) is 0 Å². The molecule has 0 radical (unpaired) electrons. The first-order valence-corrected chi connectivity index (χ1v) is 6.94. The molecule has 19 heavy (non-hydrogen) atoms. The summed E-state index contributed by atoms with van der Waals surface area (Å²) in [5, 5.41) is 12.7. The number of nitrogens with one attached hydrogen (secondary N) is 1. The zero-order valence-corrected chi connectivity index (χ0v) is 12.1. The lowest BCUT2D eigenvalue weighted by molar-refractivity contribution is 0.474. The molecule has 5 heteroatoms. The van der Waals surface area contributed by atoms with E-state index in [9.17, 15) is 0 Å². The Kier molecular flexibility index (Phi) is 2.84. The van der Waals surface area contributed by atoms with Crippen molar-refractivity contribution in [1.29, 1.82) is 0 Å². The fourth-order valence-corrected chi connectivity index (χ4v) is 2.99. The van der Waals surface area contributed by atoms with Crippen LogP contribution in [-0.4, -0.2) is 26.1 Å². The molecule has 5 nitrogen and oxygen atoms in total. The summed E-state index contributed by atoms with van der Waals surface area (Å²) >= 11 is 0. The lowest BCUT2D eigenvalue weighted by Crippen LogP contribution is -2.25. The summed E-state index contributed by atoms with van der Waals surface area (Å²) in [4.78, 5) is 0. The fraction of sp³-hybridized carbons (Fsp3) is 0.571. The number of fused-ring (bicyclic) bond motifs is 1. The molecule has 0 aromatic carbocycles. The van der Waals surface area contributed by atoms with Gasteiger partial charge in [-0.05, 0) is 26.7 Å². The maximum absolute atomic E-state index is 4.74. The first-order chi connectivity index (χ1) is 9.11. The fourth-order valence-electron chi connectivity index (χ4n) is 2.99. The number of aryl methyl sites for hydroxylation is 3. The molecule has 0 saturated heterocycles. The highest BCUT2D eigenvalue weighted by Crippen LogP contribution is 2.33. The molecule has 102 valence electrons. The lowest BCUT2D eigenvalue weighted by atomic mass is 10.0. The Bertz CT molecular complexity index is 608. The van der Waals surface area contributed by atoms with E-state index in [0.717, 1.165) is 36.6 Å². The summed E-state index contributed by atoms with van der Waals surface area (Å²) < 4.78 is 4.11. The van der Waals surface area contributed by atoms with Gasteiger partial charge < -0.3 is 5.32 Å². The van der Waals surface area contributed by atoms with Crippen molar-refractivity contribution < 1.29 is 0 Å². The summed E-state index contributed by atoms with van der Waals surface area (Å²) in [6.07, 6.45) is 2.03. The van der Waals surface area contributed by atoms with Crippen molar-refractivity contribution >= 4 is 5.82 Å². The average molecular weight is 259 g/mol. The molecule has 0 saturated carbocycles.